The maximum absolute atomic E-state index is 14.9. The molecule has 4 aliphatic heterocycles. The molecule has 6 aliphatic rings. The van der Waals surface area contributed by atoms with E-state index in [1.165, 1.54) is 0 Å². The number of fused-ring (bicyclic) bond motifs is 7. The zero-order chi connectivity index (χ0) is 58.0. The van der Waals surface area contributed by atoms with Gasteiger partial charge in [-0.2, -0.15) is 0 Å². The van der Waals surface area contributed by atoms with Crippen molar-refractivity contribution in [2.75, 3.05) is 13.2 Å². The molecule has 3 aromatic rings. The first kappa shape index (κ1) is 61.6. The number of unbranched alkanes of at least 4 members (excludes halogenated alkanes) is 1. The van der Waals surface area contributed by atoms with Gasteiger partial charge in [0, 0.05) is 42.6 Å². The quantitative estimate of drug-likeness (QED) is 0.0531. The van der Waals surface area contributed by atoms with E-state index in [2.05, 4.69) is 22.5 Å². The van der Waals surface area contributed by atoms with E-state index in [1.807, 2.05) is 86.7 Å². The summed E-state index contributed by atoms with van der Waals surface area (Å²) < 4.78 is 0. The Balaban J connectivity index is 1.49. The fraction of sp³-hybridized carbons (Fsp3) is 0.545. The molecule has 15 unspecified atom stereocenters. The molecule has 15 atom stereocenters. The van der Waals surface area contributed by atoms with Gasteiger partial charge in [0.05, 0.1) is 60.6 Å². The van der Waals surface area contributed by atoms with Gasteiger partial charge in [0.1, 0.15) is 5.75 Å². The molecule has 81 heavy (non-hydrogen) atoms. The van der Waals surface area contributed by atoms with E-state index in [-0.39, 0.29) is 82.6 Å². The molecule has 13 N–H and O–H groups in total. The van der Waals surface area contributed by atoms with Crippen LogP contribution in [0.4, 0.5) is 0 Å². The lowest BCUT2D eigenvalue weighted by atomic mass is 9.53. The van der Waals surface area contributed by atoms with E-state index in [0.717, 1.165) is 23.1 Å². The molecule has 4 heterocycles. The number of phenolic OH excluding ortho intramolecular Hbond substituents is 1. The number of aliphatic hydroxyl groups is 8. The predicted molar refractivity (Wildman–Crippen MR) is 310 cm³/mol. The summed E-state index contributed by atoms with van der Waals surface area (Å²) in [5.41, 5.74) is 2.84. The van der Waals surface area contributed by atoms with Gasteiger partial charge in [-0.15, -0.1) is 0 Å². The second kappa shape index (κ2) is 27.7. The summed E-state index contributed by atoms with van der Waals surface area (Å²) in [4.78, 5) is 25.4. The number of nitrogens with one attached hydrogen (secondary N) is 2. The second-order valence-corrected chi connectivity index (χ2v) is 23.8. The molecular formula is C66H86N2O13. The van der Waals surface area contributed by atoms with E-state index in [9.17, 15) is 65.8 Å². The van der Waals surface area contributed by atoms with Crippen molar-refractivity contribution >= 4 is 18.0 Å². The van der Waals surface area contributed by atoms with Crippen LogP contribution in [0.15, 0.2) is 102 Å². The number of aromatic hydroxyl groups is 1. The third-order valence-electron chi connectivity index (χ3n) is 18.4. The number of carboxylic acid groups (broad SMARTS) is 2. The molecule has 0 saturated carbocycles. The Labute approximate surface area is 476 Å². The van der Waals surface area contributed by atoms with Gasteiger partial charge in [0.25, 0.3) is 0 Å². The fourth-order valence-corrected chi connectivity index (χ4v) is 14.2. The molecule has 15 heteroatoms. The first-order chi connectivity index (χ1) is 38.9. The maximum atomic E-state index is 14.9. The molecule has 0 amide bonds. The number of aliphatic hydroxyl groups excluding tert-OH is 7. The van der Waals surface area contributed by atoms with Gasteiger partial charge in [0.2, 0.25) is 0 Å². The van der Waals surface area contributed by atoms with Crippen molar-refractivity contribution < 1.29 is 65.8 Å². The zero-order valence-electron chi connectivity index (χ0n) is 46.9. The number of carboxylic acids is 2. The van der Waals surface area contributed by atoms with Crippen LogP contribution in [-0.2, 0) is 35.3 Å². The van der Waals surface area contributed by atoms with Gasteiger partial charge in [-0.3, -0.25) is 9.59 Å². The molecule has 3 aromatic carbocycles. The fourth-order valence-electron chi connectivity index (χ4n) is 14.2. The van der Waals surface area contributed by atoms with Crippen LogP contribution in [-0.4, -0.2) is 141 Å². The Morgan fingerprint density at radius 1 is 0.914 bits per heavy atom. The highest BCUT2D eigenvalue weighted by Gasteiger charge is 2.62. The lowest BCUT2D eigenvalue weighted by molar-refractivity contribution is -0.140. The van der Waals surface area contributed by atoms with Gasteiger partial charge in [-0.25, -0.2) is 0 Å². The summed E-state index contributed by atoms with van der Waals surface area (Å²) in [6, 6.07) is 16.7. The van der Waals surface area contributed by atoms with Gasteiger partial charge in [-0.05, 0) is 171 Å². The second-order valence-electron chi connectivity index (χ2n) is 23.8. The minimum absolute atomic E-state index is 0.0238. The van der Waals surface area contributed by atoms with Gasteiger partial charge >= 0.3 is 11.9 Å². The normalized spacial score (nSPS) is 30.8. The highest BCUT2D eigenvalue weighted by Crippen LogP contribution is 2.55. The molecule has 1 saturated heterocycles. The number of rotatable bonds is 17. The summed E-state index contributed by atoms with van der Waals surface area (Å²) >= 11 is 0. The van der Waals surface area contributed by atoms with Crippen LogP contribution in [0.3, 0.4) is 0 Å². The van der Waals surface area contributed by atoms with Crippen LogP contribution in [0.2, 0.25) is 0 Å². The molecule has 1 spiro atoms. The van der Waals surface area contributed by atoms with Crippen molar-refractivity contribution in [3.8, 4) is 17.6 Å². The van der Waals surface area contributed by atoms with Gasteiger partial charge in [0.15, 0.2) is 0 Å². The average molecular weight is 1120 g/mol. The van der Waals surface area contributed by atoms with Crippen molar-refractivity contribution in [1.29, 1.82) is 0 Å². The van der Waals surface area contributed by atoms with Crippen LogP contribution in [0.5, 0.6) is 5.75 Å². The number of allylic oxidation sites excluding steroid dienone is 3. The van der Waals surface area contributed by atoms with E-state index in [4.69, 9.17) is 0 Å². The molecular weight excluding hydrogens is 1030 g/mol. The smallest absolute Gasteiger partial charge is 0.303 e. The SMILES string of the molecule is CCCCC(O)C(O)C=CC1=C(CC(O)CO)C2CCC(O)C3NC(C)CCC(C(O)Cc4ccc(cc4CCC(=O)O)CC4(N2)C(C#Cc2ccccc2CC1)C=CCC4(O)C1c2ccc(O)cc2C=CC1CCO)C3CC(=O)O. The van der Waals surface area contributed by atoms with Crippen LogP contribution in [0.1, 0.15) is 142 Å². The Hall–Kier alpha value is -5.48. The summed E-state index contributed by atoms with van der Waals surface area (Å²) in [6.07, 6.45) is 8.72. The van der Waals surface area contributed by atoms with Crippen molar-refractivity contribution in [3.63, 3.8) is 0 Å². The number of aryl methyl sites for hydroxylation is 2. The van der Waals surface area contributed by atoms with Gasteiger partial charge in [-0.1, -0.05) is 111 Å². The molecule has 9 rings (SSSR count). The summed E-state index contributed by atoms with van der Waals surface area (Å²) in [6.45, 7) is 3.13. The number of hydrogen-bond acceptors (Lipinski definition) is 13. The number of phenols is 1. The number of carbonyl (C=O) groups is 2. The van der Waals surface area contributed by atoms with E-state index < -0.39 is 102 Å². The lowest BCUT2D eigenvalue weighted by Crippen LogP contribution is -2.73. The van der Waals surface area contributed by atoms with E-state index in [1.54, 1.807) is 24.3 Å². The Kier molecular flexibility index (Phi) is 21.1. The highest BCUT2D eigenvalue weighted by atomic mass is 16.4. The minimum atomic E-state index is -1.87. The Morgan fingerprint density at radius 3 is 2.47 bits per heavy atom. The number of hydrogen-bond donors (Lipinski definition) is 13. The third-order valence-corrected chi connectivity index (χ3v) is 18.4. The van der Waals surface area contributed by atoms with Crippen LogP contribution in [0, 0.1) is 35.5 Å². The largest absolute Gasteiger partial charge is 0.508 e. The maximum Gasteiger partial charge on any atom is 0.303 e. The number of aliphatic carboxylic acids is 2. The standard InChI is InChI=1S/C66H86N2O13/c1-3-4-11-57(73)58(74)27-20-44-16-15-42-8-5-6-9-43(42)19-22-49-10-7-31-66(81,63-45(30-32-69)17-18-48-34-50(71)23-25-52(48)63)65(49)38-41-13-14-47(46(33-41)21-29-61(77)78)35-60(76)53-24-12-40(2)67-64(55(53)37-62(79)80)59(75)28-26-56(68-65)54(44)36-51(72)39-70/h5-10,13-14,17-18,20,23,25,27,33-34,40,45,49,51,53,55-60,63-64,67-76,81H,3-4,11-12,15-16,21,24,26,28-32,35-39H2,1-2H3,(H,77,78)(H,79,80). The topological polar surface area (TPSA) is 281 Å². The molecule has 2 aliphatic carbocycles. The Morgan fingerprint density at radius 2 is 1.72 bits per heavy atom. The third kappa shape index (κ3) is 14.3. The molecule has 0 radical (unpaired) electrons. The van der Waals surface area contributed by atoms with E-state index >= 15 is 0 Å². The predicted octanol–water partition coefficient (Wildman–Crippen LogP) is 6.18. The monoisotopic (exact) mass is 1110 g/mol. The Bertz CT molecular complexity index is 2850. The molecule has 1 fully saturated rings. The average Bonchev–Trinajstić information content (AvgIpc) is 2.29. The van der Waals surface area contributed by atoms with Crippen LogP contribution < -0.4 is 10.6 Å². The molecule has 15 nitrogen and oxygen atoms in total. The first-order valence-electron chi connectivity index (χ1n) is 29.5. The van der Waals surface area contributed by atoms with Crippen molar-refractivity contribution in [3.05, 3.63) is 141 Å². The van der Waals surface area contributed by atoms with Crippen LogP contribution >= 0.6 is 0 Å². The highest BCUT2D eigenvalue weighted by molar-refractivity contribution is 5.68. The lowest BCUT2D eigenvalue weighted by Gasteiger charge is -2.59. The summed E-state index contributed by atoms with van der Waals surface area (Å²) in [5.74, 6) is 1.67. The summed E-state index contributed by atoms with van der Waals surface area (Å²) in [5, 5.41) is 136. The molecule has 0 aromatic heterocycles. The molecule has 438 valence electrons. The van der Waals surface area contributed by atoms with Crippen molar-refractivity contribution in [1.82, 2.24) is 10.6 Å². The zero-order valence-corrected chi connectivity index (χ0v) is 46.9. The van der Waals surface area contributed by atoms with Gasteiger partial charge < -0.3 is 66.8 Å². The van der Waals surface area contributed by atoms with Crippen molar-refractivity contribution in [2.24, 2.45) is 23.7 Å². The number of benzene rings is 3. The molecule has 6 bridgehead atoms. The van der Waals surface area contributed by atoms with Crippen LogP contribution in [0.25, 0.3) is 6.08 Å². The summed E-state index contributed by atoms with van der Waals surface area (Å²) in [7, 11) is 0. The van der Waals surface area contributed by atoms with E-state index in [0.29, 0.717) is 71.9 Å². The minimum Gasteiger partial charge on any atom is -0.508 e. The van der Waals surface area contributed by atoms with Crippen molar-refractivity contribution in [2.45, 2.75) is 189 Å². The first-order valence-corrected chi connectivity index (χ1v) is 29.5.